The molecule has 1 saturated carbocycles. The Morgan fingerprint density at radius 3 is 2.69 bits per heavy atom. The molecule has 7 heteroatoms. The zero-order valence-electron chi connectivity index (χ0n) is 16.3. The smallest absolute Gasteiger partial charge is 0.326 e. The fraction of sp³-hybridized carbons (Fsp3) is 0.409. The van der Waals surface area contributed by atoms with Gasteiger partial charge in [0.1, 0.15) is 6.04 Å². The van der Waals surface area contributed by atoms with Crippen molar-refractivity contribution in [2.45, 2.75) is 51.1 Å². The van der Waals surface area contributed by atoms with E-state index < -0.39 is 17.9 Å². The number of carbonyl (C=O) groups excluding carboxylic acids is 2. The van der Waals surface area contributed by atoms with Gasteiger partial charge in [-0.15, -0.1) is 0 Å². The van der Waals surface area contributed by atoms with Gasteiger partial charge in [0.2, 0.25) is 0 Å². The number of hydrogen-bond acceptors (Lipinski definition) is 4. The van der Waals surface area contributed by atoms with E-state index in [0.29, 0.717) is 17.7 Å². The molecule has 2 heterocycles. The number of nitrogens with zero attached hydrogens (tertiary/aromatic N) is 1. The number of benzene rings is 1. The van der Waals surface area contributed by atoms with E-state index in [4.69, 9.17) is 4.42 Å². The molecule has 29 heavy (non-hydrogen) atoms. The number of amides is 2. The molecule has 0 spiro atoms. The van der Waals surface area contributed by atoms with Crippen LogP contribution < -0.4 is 5.32 Å². The third kappa shape index (κ3) is 3.64. The highest BCUT2D eigenvalue weighted by atomic mass is 16.4. The molecule has 1 aliphatic heterocycles. The van der Waals surface area contributed by atoms with Gasteiger partial charge in [0.15, 0.2) is 5.76 Å². The Morgan fingerprint density at radius 1 is 1.17 bits per heavy atom. The number of carboxylic acids is 1. The van der Waals surface area contributed by atoms with Crippen LogP contribution >= 0.6 is 0 Å². The lowest BCUT2D eigenvalue weighted by Crippen LogP contribution is -2.46. The number of furan rings is 1. The Bertz CT molecular complexity index is 937. The Labute approximate surface area is 168 Å². The summed E-state index contributed by atoms with van der Waals surface area (Å²) in [5.41, 5.74) is 1.68. The molecule has 1 aliphatic carbocycles. The van der Waals surface area contributed by atoms with E-state index in [-0.39, 0.29) is 23.6 Å². The topological polar surface area (TPSA) is 99.9 Å². The summed E-state index contributed by atoms with van der Waals surface area (Å²) in [5.74, 6) is -1.22. The van der Waals surface area contributed by atoms with Crippen LogP contribution in [-0.4, -0.2) is 39.9 Å². The quantitative estimate of drug-likeness (QED) is 0.821. The molecule has 2 aromatic rings. The summed E-state index contributed by atoms with van der Waals surface area (Å²) < 4.78 is 5.11. The number of hydrogen-bond donors (Lipinski definition) is 2. The van der Waals surface area contributed by atoms with E-state index in [9.17, 15) is 19.5 Å². The van der Waals surface area contributed by atoms with Crippen LogP contribution in [0.3, 0.4) is 0 Å². The molecule has 3 unspecified atom stereocenters. The molecule has 152 valence electrons. The van der Waals surface area contributed by atoms with Crippen molar-refractivity contribution in [3.05, 3.63) is 53.5 Å². The summed E-state index contributed by atoms with van der Waals surface area (Å²) in [4.78, 5) is 39.0. The van der Waals surface area contributed by atoms with Gasteiger partial charge in [0, 0.05) is 17.3 Å². The maximum Gasteiger partial charge on any atom is 0.326 e. The van der Waals surface area contributed by atoms with Crippen molar-refractivity contribution in [3.8, 4) is 0 Å². The first-order chi connectivity index (χ1) is 14.0. The van der Waals surface area contributed by atoms with Crippen LogP contribution in [-0.2, 0) is 4.79 Å². The maximum atomic E-state index is 13.3. The third-order valence-electron chi connectivity index (χ3n) is 6.09. The Balaban J connectivity index is 1.61. The van der Waals surface area contributed by atoms with E-state index in [1.165, 1.54) is 6.26 Å². The van der Waals surface area contributed by atoms with Gasteiger partial charge < -0.3 is 19.7 Å². The van der Waals surface area contributed by atoms with Crippen LogP contribution in [0.4, 0.5) is 5.69 Å². The SMILES string of the molecule is Cc1ccc(C(=O)N2C(C(=O)O)CC3CCCCC32)cc1NC(=O)c1ccco1. The van der Waals surface area contributed by atoms with Crippen molar-refractivity contribution in [2.24, 2.45) is 5.92 Å². The summed E-state index contributed by atoms with van der Waals surface area (Å²) in [6.45, 7) is 1.83. The monoisotopic (exact) mass is 396 g/mol. The van der Waals surface area contributed by atoms with E-state index >= 15 is 0 Å². The Kier molecular flexibility index (Phi) is 5.13. The van der Waals surface area contributed by atoms with Crippen LogP contribution in [0.1, 0.15) is 58.6 Å². The van der Waals surface area contributed by atoms with Gasteiger partial charge in [0.05, 0.1) is 6.26 Å². The summed E-state index contributed by atoms with van der Waals surface area (Å²) >= 11 is 0. The van der Waals surface area contributed by atoms with Crippen molar-refractivity contribution in [2.75, 3.05) is 5.32 Å². The first-order valence-electron chi connectivity index (χ1n) is 9.96. The summed E-state index contributed by atoms with van der Waals surface area (Å²) in [5, 5.41) is 12.5. The molecule has 7 nitrogen and oxygen atoms in total. The lowest BCUT2D eigenvalue weighted by atomic mass is 9.84. The van der Waals surface area contributed by atoms with Crippen LogP contribution in [0, 0.1) is 12.8 Å². The van der Waals surface area contributed by atoms with Gasteiger partial charge in [-0.3, -0.25) is 9.59 Å². The molecule has 2 fully saturated rings. The normalized spacial score (nSPS) is 23.5. The average Bonchev–Trinajstić information content (AvgIpc) is 3.37. The molecular weight excluding hydrogens is 372 g/mol. The van der Waals surface area contributed by atoms with Gasteiger partial charge in [-0.2, -0.15) is 0 Å². The third-order valence-corrected chi connectivity index (χ3v) is 6.09. The number of aliphatic carboxylic acids is 1. The van der Waals surface area contributed by atoms with E-state index in [1.54, 1.807) is 35.2 Å². The molecule has 1 aromatic carbocycles. The van der Waals surface area contributed by atoms with Crippen molar-refractivity contribution >= 4 is 23.5 Å². The number of rotatable bonds is 4. The second-order valence-corrected chi connectivity index (χ2v) is 7.88. The van der Waals surface area contributed by atoms with Crippen molar-refractivity contribution < 1.29 is 23.9 Å². The Hall–Kier alpha value is -3.09. The van der Waals surface area contributed by atoms with Gasteiger partial charge in [-0.25, -0.2) is 4.79 Å². The van der Waals surface area contributed by atoms with Gasteiger partial charge in [0.25, 0.3) is 11.8 Å². The minimum Gasteiger partial charge on any atom is -0.480 e. The van der Waals surface area contributed by atoms with Gasteiger partial charge >= 0.3 is 5.97 Å². The van der Waals surface area contributed by atoms with Crippen molar-refractivity contribution in [1.82, 2.24) is 4.90 Å². The largest absolute Gasteiger partial charge is 0.480 e. The van der Waals surface area contributed by atoms with Crippen LogP contribution in [0.15, 0.2) is 41.0 Å². The minimum atomic E-state index is -0.953. The number of carbonyl (C=O) groups is 3. The van der Waals surface area contributed by atoms with Gasteiger partial charge in [-0.05, 0) is 61.9 Å². The summed E-state index contributed by atoms with van der Waals surface area (Å²) in [6.07, 6.45) is 5.84. The van der Waals surface area contributed by atoms with Crippen molar-refractivity contribution in [3.63, 3.8) is 0 Å². The number of aryl methyl sites for hydroxylation is 1. The molecule has 0 bridgehead atoms. The van der Waals surface area contributed by atoms with Gasteiger partial charge in [-0.1, -0.05) is 18.9 Å². The first-order valence-corrected chi connectivity index (χ1v) is 9.96. The lowest BCUT2D eigenvalue weighted by Gasteiger charge is -2.33. The standard InChI is InChI=1S/C22H24N2O5/c1-13-8-9-15(11-16(13)23-20(25)19-7-4-10-29-19)21(26)24-17-6-3-2-5-14(17)12-18(24)22(27)28/h4,7-11,14,17-18H,2-3,5-6,12H2,1H3,(H,23,25)(H,27,28). The number of fused-ring (bicyclic) bond motifs is 1. The number of likely N-dealkylation sites (tertiary alicyclic amines) is 1. The molecule has 3 atom stereocenters. The average molecular weight is 396 g/mol. The highest BCUT2D eigenvalue weighted by molar-refractivity contribution is 6.04. The highest BCUT2D eigenvalue weighted by Gasteiger charge is 2.47. The predicted molar refractivity (Wildman–Crippen MR) is 106 cm³/mol. The maximum absolute atomic E-state index is 13.3. The molecular formula is C22H24N2O5. The fourth-order valence-corrected chi connectivity index (χ4v) is 4.60. The number of nitrogens with one attached hydrogen (secondary N) is 1. The zero-order chi connectivity index (χ0) is 20.5. The fourth-order valence-electron chi connectivity index (χ4n) is 4.60. The lowest BCUT2D eigenvalue weighted by molar-refractivity contribution is -0.141. The van der Waals surface area contributed by atoms with E-state index in [0.717, 1.165) is 31.2 Å². The molecule has 0 radical (unpaired) electrons. The number of anilines is 1. The minimum absolute atomic E-state index is 0.0280. The molecule has 2 aliphatic rings. The zero-order valence-corrected chi connectivity index (χ0v) is 16.3. The molecule has 2 N–H and O–H groups in total. The van der Waals surface area contributed by atoms with E-state index in [1.807, 2.05) is 6.92 Å². The summed E-state index contributed by atoms with van der Waals surface area (Å²) in [6, 6.07) is 7.43. The molecule has 1 saturated heterocycles. The second-order valence-electron chi connectivity index (χ2n) is 7.88. The van der Waals surface area contributed by atoms with E-state index in [2.05, 4.69) is 5.32 Å². The van der Waals surface area contributed by atoms with Crippen LogP contribution in [0.25, 0.3) is 0 Å². The highest BCUT2D eigenvalue weighted by Crippen LogP contribution is 2.40. The molecule has 1 aromatic heterocycles. The molecule has 2 amide bonds. The van der Waals surface area contributed by atoms with Crippen LogP contribution in [0.2, 0.25) is 0 Å². The first kappa shape index (κ1) is 19.2. The Morgan fingerprint density at radius 2 is 1.97 bits per heavy atom. The predicted octanol–water partition coefficient (Wildman–Crippen LogP) is 3.70. The summed E-state index contributed by atoms with van der Waals surface area (Å²) in [7, 11) is 0. The van der Waals surface area contributed by atoms with Crippen molar-refractivity contribution in [1.29, 1.82) is 0 Å². The second kappa shape index (κ2) is 7.73. The number of carboxylic acid groups (broad SMARTS) is 1. The van der Waals surface area contributed by atoms with Crippen LogP contribution in [0.5, 0.6) is 0 Å². The molecule has 4 rings (SSSR count).